The Hall–Kier alpha value is -3.18. The fourth-order valence-electron chi connectivity index (χ4n) is 4.33. The minimum absolute atomic E-state index is 0.0315. The maximum Gasteiger partial charge on any atom is 0.231 e. The summed E-state index contributed by atoms with van der Waals surface area (Å²) in [6, 6.07) is 10.7. The molecule has 4 aromatic heterocycles. The third-order valence-corrected chi connectivity index (χ3v) is 6.75. The van der Waals surface area contributed by atoms with E-state index in [4.69, 9.17) is 13.8 Å². The molecule has 0 amide bonds. The number of fused-ring (bicyclic) bond motifs is 6. The molecule has 4 nitrogen and oxygen atoms in total. The van der Waals surface area contributed by atoms with Crippen LogP contribution in [0.15, 0.2) is 57.1 Å². The van der Waals surface area contributed by atoms with Gasteiger partial charge in [-0.1, -0.05) is 20.8 Å². The second-order valence-corrected chi connectivity index (χ2v) is 9.77. The molecule has 0 bridgehead atoms. The predicted octanol–water partition coefficient (Wildman–Crippen LogP) is 7.61. The van der Waals surface area contributed by atoms with Crippen molar-refractivity contribution in [3.05, 3.63) is 59.4 Å². The van der Waals surface area contributed by atoms with Crippen LogP contribution in [0.25, 0.3) is 54.4 Å². The molecule has 0 spiro atoms. The summed E-state index contributed by atoms with van der Waals surface area (Å²) in [4.78, 5) is 9.16. The molecule has 0 N–H and O–H groups in total. The van der Waals surface area contributed by atoms with Crippen molar-refractivity contribution in [3.63, 3.8) is 0 Å². The summed E-state index contributed by atoms with van der Waals surface area (Å²) in [6.45, 7) is 8.80. The lowest BCUT2D eigenvalue weighted by atomic mass is 9.85. The smallest absolute Gasteiger partial charge is 0.231 e. The van der Waals surface area contributed by atoms with Gasteiger partial charge in [0.2, 0.25) is 5.71 Å². The number of thiophene rings is 1. The molecule has 2 aromatic carbocycles. The maximum absolute atomic E-state index is 6.23. The molecule has 148 valence electrons. The van der Waals surface area contributed by atoms with Crippen molar-refractivity contribution in [2.45, 2.75) is 33.1 Å². The van der Waals surface area contributed by atoms with E-state index >= 15 is 0 Å². The van der Waals surface area contributed by atoms with E-state index in [0.29, 0.717) is 5.71 Å². The highest BCUT2D eigenvalue weighted by Gasteiger charge is 2.22. The van der Waals surface area contributed by atoms with E-state index in [0.717, 1.165) is 44.1 Å². The van der Waals surface area contributed by atoms with Crippen LogP contribution in [-0.4, -0.2) is 9.97 Å². The summed E-state index contributed by atoms with van der Waals surface area (Å²) >= 11 is 1.79. The Bertz CT molecular complexity index is 1590. The fourth-order valence-corrected chi connectivity index (χ4v) is 5.44. The lowest BCUT2D eigenvalue weighted by Crippen LogP contribution is -2.11. The van der Waals surface area contributed by atoms with Crippen LogP contribution in [0.4, 0.5) is 0 Å². The van der Waals surface area contributed by atoms with E-state index in [1.807, 2.05) is 19.1 Å². The lowest BCUT2D eigenvalue weighted by molar-refractivity contribution is 0.597. The molecule has 0 atom stereocenters. The maximum atomic E-state index is 6.23. The van der Waals surface area contributed by atoms with E-state index in [1.165, 1.54) is 15.6 Å². The summed E-state index contributed by atoms with van der Waals surface area (Å²) in [5.41, 5.74) is 6.64. The van der Waals surface area contributed by atoms with Crippen LogP contribution in [0.5, 0.6) is 0 Å². The van der Waals surface area contributed by atoms with Gasteiger partial charge in [-0.3, -0.25) is 0 Å². The molecule has 0 aliphatic rings. The average Bonchev–Trinajstić information content (AvgIpc) is 3.42. The van der Waals surface area contributed by atoms with E-state index < -0.39 is 0 Å². The fraction of sp³-hybridized carbons (Fsp3) is 0.200. The van der Waals surface area contributed by atoms with Gasteiger partial charge in [0.15, 0.2) is 0 Å². The largest absolute Gasteiger partial charge is 0.464 e. The highest BCUT2D eigenvalue weighted by molar-refractivity contribution is 7.17. The summed E-state index contributed by atoms with van der Waals surface area (Å²) in [7, 11) is 0. The minimum Gasteiger partial charge on any atom is -0.464 e. The van der Waals surface area contributed by atoms with Gasteiger partial charge in [-0.25, -0.2) is 9.97 Å². The van der Waals surface area contributed by atoms with Crippen LogP contribution in [0, 0.1) is 6.92 Å². The van der Waals surface area contributed by atoms with Gasteiger partial charge >= 0.3 is 0 Å². The molecule has 6 rings (SSSR count). The first kappa shape index (κ1) is 17.7. The molecule has 0 radical (unpaired) electrons. The van der Waals surface area contributed by atoms with Gasteiger partial charge in [-0.05, 0) is 64.6 Å². The molecule has 0 saturated heterocycles. The Kier molecular flexibility index (Phi) is 3.49. The van der Waals surface area contributed by atoms with Crippen molar-refractivity contribution >= 4 is 54.5 Å². The van der Waals surface area contributed by atoms with Crippen molar-refractivity contribution in [2.75, 3.05) is 0 Å². The third kappa shape index (κ3) is 2.39. The molecule has 6 aromatic rings. The van der Waals surface area contributed by atoms with Crippen LogP contribution in [0.3, 0.4) is 0 Å². The van der Waals surface area contributed by atoms with Crippen LogP contribution in [0.1, 0.15) is 31.9 Å². The number of nitrogens with zero attached hydrogens (tertiary/aromatic N) is 2. The second kappa shape index (κ2) is 5.92. The molecule has 5 heteroatoms. The molecule has 0 aliphatic carbocycles. The number of hydrogen-bond donors (Lipinski definition) is 0. The van der Waals surface area contributed by atoms with Gasteiger partial charge in [0.1, 0.15) is 17.5 Å². The number of furan rings is 2. The molecular formula is C25H20N2O2S. The standard InChI is InChI=1S/C25H20N2O2S/c1-13-11-28-18-6-5-16-20-21(26-12-27-24(20)29-22(16)19(13)18)15-9-14-7-8-30-23(14)17(10-15)25(2,3)4/h5-12H,1-4H3. The first-order chi connectivity index (χ1) is 14.4. The van der Waals surface area contributed by atoms with E-state index in [1.54, 1.807) is 23.9 Å². The number of hydrogen-bond acceptors (Lipinski definition) is 5. The monoisotopic (exact) mass is 412 g/mol. The zero-order valence-electron chi connectivity index (χ0n) is 17.2. The van der Waals surface area contributed by atoms with E-state index in [2.05, 4.69) is 49.3 Å². The van der Waals surface area contributed by atoms with Gasteiger partial charge in [-0.2, -0.15) is 0 Å². The number of aryl methyl sites for hydroxylation is 1. The Morgan fingerprint density at radius 3 is 2.70 bits per heavy atom. The van der Waals surface area contributed by atoms with Crippen molar-refractivity contribution in [2.24, 2.45) is 0 Å². The highest BCUT2D eigenvalue weighted by Crippen LogP contribution is 2.42. The molecule has 0 fully saturated rings. The minimum atomic E-state index is 0.0315. The van der Waals surface area contributed by atoms with E-state index in [-0.39, 0.29) is 5.41 Å². The molecule has 4 heterocycles. The lowest BCUT2D eigenvalue weighted by Gasteiger charge is -2.21. The normalized spacial score (nSPS) is 12.7. The topological polar surface area (TPSA) is 52.1 Å². The Morgan fingerprint density at radius 2 is 1.87 bits per heavy atom. The van der Waals surface area contributed by atoms with Gasteiger partial charge in [-0.15, -0.1) is 11.3 Å². The second-order valence-electron chi connectivity index (χ2n) is 8.85. The summed E-state index contributed by atoms with van der Waals surface area (Å²) in [5, 5.41) is 6.37. The van der Waals surface area contributed by atoms with Crippen molar-refractivity contribution < 1.29 is 8.83 Å². The zero-order valence-corrected chi connectivity index (χ0v) is 18.1. The zero-order chi connectivity index (χ0) is 20.6. The van der Waals surface area contributed by atoms with Gasteiger partial charge in [0, 0.05) is 15.6 Å². The van der Waals surface area contributed by atoms with Gasteiger partial charge in [0.05, 0.1) is 22.7 Å². The molecular weight excluding hydrogens is 392 g/mol. The number of benzene rings is 2. The average molecular weight is 413 g/mol. The van der Waals surface area contributed by atoms with Crippen LogP contribution in [-0.2, 0) is 5.41 Å². The first-order valence-electron chi connectivity index (χ1n) is 9.98. The van der Waals surface area contributed by atoms with Crippen molar-refractivity contribution in [3.8, 4) is 11.3 Å². The van der Waals surface area contributed by atoms with Gasteiger partial charge < -0.3 is 8.83 Å². The Balaban J connectivity index is 1.73. The Labute approximate surface area is 177 Å². The van der Waals surface area contributed by atoms with Crippen LogP contribution in [0.2, 0.25) is 0 Å². The van der Waals surface area contributed by atoms with Crippen molar-refractivity contribution in [1.29, 1.82) is 0 Å². The molecule has 30 heavy (non-hydrogen) atoms. The molecule has 0 unspecified atom stereocenters. The summed E-state index contributed by atoms with van der Waals surface area (Å²) in [6.07, 6.45) is 3.36. The van der Waals surface area contributed by atoms with E-state index in [9.17, 15) is 0 Å². The quantitative estimate of drug-likeness (QED) is 0.279. The molecule has 0 aliphatic heterocycles. The highest BCUT2D eigenvalue weighted by atomic mass is 32.1. The predicted molar refractivity (Wildman–Crippen MR) is 123 cm³/mol. The van der Waals surface area contributed by atoms with Gasteiger partial charge in [0.25, 0.3) is 0 Å². The Morgan fingerprint density at radius 1 is 1.00 bits per heavy atom. The summed E-state index contributed by atoms with van der Waals surface area (Å²) < 4.78 is 13.2. The summed E-state index contributed by atoms with van der Waals surface area (Å²) in [5.74, 6) is 0. The van der Waals surface area contributed by atoms with Crippen molar-refractivity contribution in [1.82, 2.24) is 9.97 Å². The number of aromatic nitrogens is 2. The molecule has 0 saturated carbocycles. The van der Waals surface area contributed by atoms with Crippen LogP contribution >= 0.6 is 11.3 Å². The third-order valence-electron chi connectivity index (χ3n) is 5.79. The number of rotatable bonds is 1. The SMILES string of the molecule is Cc1coc2ccc3c(oc4ncnc(-c5cc(C(C)(C)C)c6sccc6c5)c43)c12. The first-order valence-corrected chi connectivity index (χ1v) is 10.9. The van der Waals surface area contributed by atoms with Crippen LogP contribution < -0.4 is 0 Å².